The molecule has 24 heavy (non-hydrogen) atoms. The van der Waals surface area contributed by atoms with Crippen LogP contribution in [0.5, 0.6) is 0 Å². The molecule has 1 heterocycles. The molecule has 0 N–H and O–H groups in total. The van der Waals surface area contributed by atoms with E-state index in [9.17, 15) is 4.79 Å². The van der Waals surface area contributed by atoms with Gasteiger partial charge in [0, 0.05) is 24.1 Å². The van der Waals surface area contributed by atoms with Gasteiger partial charge in [-0.15, -0.1) is 0 Å². The maximum atomic E-state index is 11.3. The largest absolute Gasteiger partial charge is 0.300 e. The molecular weight excluding hydrogens is 294 g/mol. The zero-order valence-electron chi connectivity index (χ0n) is 14.6. The van der Waals surface area contributed by atoms with Crippen LogP contribution < -0.4 is 0 Å². The Hall–Kier alpha value is -2.48. The highest BCUT2D eigenvalue weighted by Crippen LogP contribution is 2.36. The molecule has 0 unspecified atom stereocenters. The highest BCUT2D eigenvalue weighted by atomic mass is 16.1. The number of hydrogen-bond acceptors (Lipinski definition) is 2. The van der Waals surface area contributed by atoms with Crippen molar-refractivity contribution >= 4 is 22.8 Å². The summed E-state index contributed by atoms with van der Waals surface area (Å²) in [7, 11) is 0. The number of carbonyl (C=O) groups is 1. The molecule has 0 aromatic heterocycles. The molecule has 0 saturated heterocycles. The lowest BCUT2D eigenvalue weighted by atomic mass is 9.96. The van der Waals surface area contributed by atoms with Crippen molar-refractivity contribution < 1.29 is 4.79 Å². The standard InChI is InChI=1S/C22H23NO/c1-15-4-9-18(10-5-15)21-14-20(13-8-17(3)24)23-22(21)19-11-6-16(2)7-12-19/h4-7,9-12H,8,13-14H2,1-3H3. The van der Waals surface area contributed by atoms with Gasteiger partial charge in [-0.25, -0.2) is 0 Å². The van der Waals surface area contributed by atoms with E-state index < -0.39 is 0 Å². The molecule has 2 heteroatoms. The number of carbonyl (C=O) groups excluding carboxylic acids is 1. The zero-order valence-corrected chi connectivity index (χ0v) is 14.6. The van der Waals surface area contributed by atoms with Crippen LogP contribution in [0.15, 0.2) is 53.5 Å². The quantitative estimate of drug-likeness (QED) is 0.727. The van der Waals surface area contributed by atoms with Gasteiger partial charge >= 0.3 is 0 Å². The lowest BCUT2D eigenvalue weighted by molar-refractivity contribution is -0.116. The second-order valence-electron chi connectivity index (χ2n) is 6.62. The normalized spacial score (nSPS) is 14.0. The predicted molar refractivity (Wildman–Crippen MR) is 101 cm³/mol. The molecule has 0 saturated carbocycles. The number of benzene rings is 2. The number of aliphatic imine (C=N–C) groups is 1. The number of allylic oxidation sites excluding steroid dienone is 1. The molecule has 0 bridgehead atoms. The number of Topliss-reactive ketones (excluding diaryl/α,β-unsaturated/α-hetero) is 1. The van der Waals surface area contributed by atoms with Crippen LogP contribution in [0, 0.1) is 13.8 Å². The zero-order chi connectivity index (χ0) is 17.1. The first-order valence-corrected chi connectivity index (χ1v) is 8.46. The van der Waals surface area contributed by atoms with Crippen LogP contribution in [0.1, 0.15) is 48.4 Å². The molecule has 2 aromatic rings. The fourth-order valence-corrected chi connectivity index (χ4v) is 2.96. The predicted octanol–water partition coefficient (Wildman–Crippen LogP) is 5.39. The van der Waals surface area contributed by atoms with E-state index in [0.717, 1.165) is 29.8 Å². The van der Waals surface area contributed by atoms with Crippen molar-refractivity contribution in [1.29, 1.82) is 0 Å². The summed E-state index contributed by atoms with van der Waals surface area (Å²) in [6, 6.07) is 17.1. The Morgan fingerprint density at radius 2 is 1.46 bits per heavy atom. The molecule has 2 aromatic carbocycles. The van der Waals surface area contributed by atoms with E-state index in [1.165, 1.54) is 22.3 Å². The average Bonchev–Trinajstić information content (AvgIpc) is 2.98. The third-order valence-electron chi connectivity index (χ3n) is 4.43. The fraction of sp³-hybridized carbons (Fsp3) is 0.273. The van der Waals surface area contributed by atoms with Crippen LogP contribution >= 0.6 is 0 Å². The van der Waals surface area contributed by atoms with E-state index in [1.54, 1.807) is 6.92 Å². The minimum atomic E-state index is 0.221. The van der Waals surface area contributed by atoms with Crippen molar-refractivity contribution in [3.8, 4) is 0 Å². The van der Waals surface area contributed by atoms with Gasteiger partial charge in [0.15, 0.2) is 0 Å². The number of hydrogen-bond donors (Lipinski definition) is 0. The molecule has 0 radical (unpaired) electrons. The maximum absolute atomic E-state index is 11.3. The molecule has 1 aliphatic rings. The van der Waals surface area contributed by atoms with Gasteiger partial charge in [-0.3, -0.25) is 4.99 Å². The molecule has 0 spiro atoms. The Balaban J connectivity index is 1.98. The summed E-state index contributed by atoms with van der Waals surface area (Å²) in [4.78, 5) is 16.2. The van der Waals surface area contributed by atoms with Crippen molar-refractivity contribution in [2.24, 2.45) is 4.99 Å². The summed E-state index contributed by atoms with van der Waals surface area (Å²) in [5.74, 6) is 0.221. The second kappa shape index (κ2) is 6.96. The minimum Gasteiger partial charge on any atom is -0.300 e. The summed E-state index contributed by atoms with van der Waals surface area (Å²) < 4.78 is 0. The Morgan fingerprint density at radius 1 is 0.917 bits per heavy atom. The molecule has 0 aliphatic carbocycles. The van der Waals surface area contributed by atoms with Gasteiger partial charge in [-0.2, -0.15) is 0 Å². The Labute approximate surface area is 143 Å². The monoisotopic (exact) mass is 317 g/mol. The lowest BCUT2D eigenvalue weighted by Gasteiger charge is -2.08. The van der Waals surface area contributed by atoms with Gasteiger partial charge in [0.1, 0.15) is 5.78 Å². The van der Waals surface area contributed by atoms with E-state index >= 15 is 0 Å². The van der Waals surface area contributed by atoms with E-state index in [0.29, 0.717) is 6.42 Å². The molecule has 2 nitrogen and oxygen atoms in total. The van der Waals surface area contributed by atoms with Gasteiger partial charge in [0.2, 0.25) is 0 Å². The van der Waals surface area contributed by atoms with Crippen LogP contribution in [0.3, 0.4) is 0 Å². The third-order valence-corrected chi connectivity index (χ3v) is 4.43. The Kier molecular flexibility index (Phi) is 4.75. The number of aryl methyl sites for hydroxylation is 2. The van der Waals surface area contributed by atoms with Crippen molar-refractivity contribution in [1.82, 2.24) is 0 Å². The van der Waals surface area contributed by atoms with Crippen LogP contribution in [0.2, 0.25) is 0 Å². The first-order chi connectivity index (χ1) is 11.5. The van der Waals surface area contributed by atoms with E-state index in [4.69, 9.17) is 4.99 Å². The fourth-order valence-electron chi connectivity index (χ4n) is 2.96. The second-order valence-corrected chi connectivity index (χ2v) is 6.62. The van der Waals surface area contributed by atoms with Gasteiger partial charge in [-0.1, -0.05) is 59.7 Å². The van der Waals surface area contributed by atoms with Gasteiger partial charge in [0.05, 0.1) is 5.70 Å². The van der Waals surface area contributed by atoms with E-state index in [2.05, 4.69) is 62.4 Å². The number of ketones is 1. The molecule has 3 rings (SSSR count). The molecular formula is C22H23NO. The van der Waals surface area contributed by atoms with Gasteiger partial charge < -0.3 is 4.79 Å². The smallest absolute Gasteiger partial charge is 0.130 e. The summed E-state index contributed by atoms with van der Waals surface area (Å²) in [5, 5.41) is 0. The number of rotatable bonds is 5. The topological polar surface area (TPSA) is 29.4 Å². The first-order valence-electron chi connectivity index (χ1n) is 8.46. The lowest BCUT2D eigenvalue weighted by Crippen LogP contribution is -1.99. The van der Waals surface area contributed by atoms with E-state index in [1.807, 2.05) is 0 Å². The van der Waals surface area contributed by atoms with Crippen molar-refractivity contribution in [3.63, 3.8) is 0 Å². The van der Waals surface area contributed by atoms with Crippen molar-refractivity contribution in [2.75, 3.05) is 0 Å². The molecule has 0 fully saturated rings. The highest BCUT2D eigenvalue weighted by molar-refractivity contribution is 6.10. The molecule has 1 aliphatic heterocycles. The maximum Gasteiger partial charge on any atom is 0.130 e. The highest BCUT2D eigenvalue weighted by Gasteiger charge is 2.20. The Bertz CT molecular complexity index is 808. The summed E-state index contributed by atoms with van der Waals surface area (Å²) in [5.41, 5.74) is 8.29. The van der Waals surface area contributed by atoms with Crippen LogP contribution in [-0.2, 0) is 4.79 Å². The summed E-state index contributed by atoms with van der Waals surface area (Å²) in [6.07, 6.45) is 2.15. The SMILES string of the molecule is CC(=O)CCC1=NC(c2ccc(C)cc2)=C(c2ccc(C)cc2)C1. The molecule has 0 amide bonds. The van der Waals surface area contributed by atoms with Crippen molar-refractivity contribution in [3.05, 3.63) is 70.8 Å². The minimum absolute atomic E-state index is 0.221. The van der Waals surface area contributed by atoms with Gasteiger partial charge in [-0.05, 0) is 38.3 Å². The van der Waals surface area contributed by atoms with Crippen LogP contribution in [0.25, 0.3) is 11.3 Å². The average molecular weight is 317 g/mol. The summed E-state index contributed by atoms with van der Waals surface area (Å²) in [6.45, 7) is 5.84. The van der Waals surface area contributed by atoms with Crippen LogP contribution in [0.4, 0.5) is 0 Å². The number of nitrogens with zero attached hydrogens (tertiary/aromatic N) is 1. The summed E-state index contributed by atoms with van der Waals surface area (Å²) >= 11 is 0. The molecule has 122 valence electrons. The Morgan fingerprint density at radius 3 is 2.00 bits per heavy atom. The first kappa shape index (κ1) is 16.4. The van der Waals surface area contributed by atoms with Crippen molar-refractivity contribution in [2.45, 2.75) is 40.0 Å². The van der Waals surface area contributed by atoms with E-state index in [-0.39, 0.29) is 5.78 Å². The van der Waals surface area contributed by atoms with Gasteiger partial charge in [0.25, 0.3) is 0 Å². The molecule has 0 atom stereocenters. The van der Waals surface area contributed by atoms with Crippen LogP contribution in [-0.4, -0.2) is 11.5 Å². The third kappa shape index (κ3) is 3.70.